The summed E-state index contributed by atoms with van der Waals surface area (Å²) in [6.07, 6.45) is 0.306. The van der Waals surface area contributed by atoms with E-state index in [-0.39, 0.29) is 47.5 Å². The topological polar surface area (TPSA) is 124 Å². The Morgan fingerprint density at radius 3 is 1.50 bits per heavy atom. The lowest BCUT2D eigenvalue weighted by molar-refractivity contribution is -0.156. The molecule has 16 heteroatoms. The van der Waals surface area contributed by atoms with Crippen LogP contribution < -0.4 is 9.47 Å². The van der Waals surface area contributed by atoms with E-state index in [9.17, 15) is 19.2 Å². The van der Waals surface area contributed by atoms with Gasteiger partial charge in [0.15, 0.2) is 12.2 Å². The van der Waals surface area contributed by atoms with E-state index in [2.05, 4.69) is 13.2 Å². The second-order valence-corrected chi connectivity index (χ2v) is 16.5. The van der Waals surface area contributed by atoms with Crippen LogP contribution in [-0.2, 0) is 38.1 Å². The highest BCUT2D eigenvalue weighted by Crippen LogP contribution is 2.37. The quantitative estimate of drug-likeness (QED) is 0.136. The number of rotatable bonds is 16. The van der Waals surface area contributed by atoms with Crippen LogP contribution in [0.2, 0.25) is 0 Å². The summed E-state index contributed by atoms with van der Waals surface area (Å²) in [6, 6.07) is 6.63. The third kappa shape index (κ3) is 12.9. The van der Waals surface area contributed by atoms with Gasteiger partial charge in [-0.15, -0.1) is 70.6 Å². The van der Waals surface area contributed by atoms with Gasteiger partial charge < -0.3 is 28.4 Å². The standard InChI is InChI=1S/C26H30O10S6/c1-3-21(27)35-19(11-33-23(29)25-39-13-37-14-40-25)9-31-17-6-5-7-18(8-17)32-10-20(36-22(28)4-2)12-34-24(30)26-41-15-38-16-42-26/h3-8,19-20,25-26H,1-2,9-16H2. The average Bonchev–Trinajstić information content (AvgIpc) is 3.04. The molecular formula is C26H30O10S6. The molecule has 1 aromatic rings. The summed E-state index contributed by atoms with van der Waals surface area (Å²) >= 11 is 9.46. The first-order valence-electron chi connectivity index (χ1n) is 12.3. The first kappa shape index (κ1) is 34.8. The first-order valence-corrected chi connectivity index (χ1v) is 18.8. The van der Waals surface area contributed by atoms with E-state index in [4.69, 9.17) is 28.4 Å². The van der Waals surface area contributed by atoms with Gasteiger partial charge in [-0.25, -0.2) is 19.2 Å². The van der Waals surface area contributed by atoms with Crippen molar-refractivity contribution in [3.05, 3.63) is 49.6 Å². The highest BCUT2D eigenvalue weighted by atomic mass is 32.3. The SMILES string of the molecule is C=CC(=O)OC(COC(=O)C1SCSCS1)COc1cccc(OCC(COC(=O)C2SCSCS2)OC(=O)C=C)c1. The molecule has 2 fully saturated rings. The molecule has 230 valence electrons. The Morgan fingerprint density at radius 2 is 1.12 bits per heavy atom. The van der Waals surface area contributed by atoms with Crippen molar-refractivity contribution in [1.29, 1.82) is 0 Å². The molecule has 42 heavy (non-hydrogen) atoms. The molecule has 3 rings (SSSR count). The maximum Gasteiger partial charge on any atom is 0.330 e. The average molecular weight is 695 g/mol. The van der Waals surface area contributed by atoms with Crippen LogP contribution in [0, 0.1) is 0 Å². The third-order valence-electron chi connectivity index (χ3n) is 5.00. The van der Waals surface area contributed by atoms with Crippen LogP contribution in [0.1, 0.15) is 0 Å². The van der Waals surface area contributed by atoms with Gasteiger partial charge in [0.05, 0.1) is 0 Å². The molecule has 2 aliphatic rings. The molecule has 2 unspecified atom stereocenters. The van der Waals surface area contributed by atoms with Crippen LogP contribution in [0.3, 0.4) is 0 Å². The lowest BCUT2D eigenvalue weighted by Gasteiger charge is -2.22. The predicted molar refractivity (Wildman–Crippen MR) is 172 cm³/mol. The van der Waals surface area contributed by atoms with Gasteiger partial charge in [-0.05, 0) is 12.1 Å². The molecule has 0 radical (unpaired) electrons. The number of ether oxygens (including phenoxy) is 6. The minimum atomic E-state index is -0.867. The molecule has 2 saturated heterocycles. The fourth-order valence-electron chi connectivity index (χ4n) is 3.05. The van der Waals surface area contributed by atoms with E-state index in [1.54, 1.807) is 47.8 Å². The normalized spacial score (nSPS) is 17.1. The lowest BCUT2D eigenvalue weighted by Crippen LogP contribution is -2.32. The number of hydrogen-bond donors (Lipinski definition) is 0. The van der Waals surface area contributed by atoms with Gasteiger partial charge in [0.2, 0.25) is 0 Å². The van der Waals surface area contributed by atoms with Crippen molar-refractivity contribution < 1.29 is 47.6 Å². The highest BCUT2D eigenvalue weighted by Gasteiger charge is 2.27. The fraction of sp³-hybridized carbons (Fsp3) is 0.462. The van der Waals surface area contributed by atoms with Crippen LogP contribution in [0.15, 0.2) is 49.6 Å². The van der Waals surface area contributed by atoms with E-state index in [1.165, 1.54) is 47.0 Å². The Morgan fingerprint density at radius 1 is 0.714 bits per heavy atom. The van der Waals surface area contributed by atoms with Crippen molar-refractivity contribution in [2.75, 3.05) is 46.8 Å². The molecule has 2 heterocycles. The number of hydrogen-bond acceptors (Lipinski definition) is 16. The molecular weight excluding hydrogens is 665 g/mol. The summed E-state index contributed by atoms with van der Waals surface area (Å²) in [5.74, 6) is -1.32. The maximum atomic E-state index is 12.4. The number of thioether (sulfide) groups is 6. The van der Waals surface area contributed by atoms with Crippen molar-refractivity contribution in [3.63, 3.8) is 0 Å². The summed E-state index contributed by atoms with van der Waals surface area (Å²) in [6.45, 7) is 6.26. The highest BCUT2D eigenvalue weighted by molar-refractivity contribution is 8.33. The van der Waals surface area contributed by atoms with Gasteiger partial charge in [0.25, 0.3) is 0 Å². The van der Waals surface area contributed by atoms with E-state index in [0.717, 1.165) is 32.5 Å². The molecule has 10 nitrogen and oxygen atoms in total. The molecule has 0 saturated carbocycles. The Balaban J connectivity index is 1.52. The summed E-state index contributed by atoms with van der Waals surface area (Å²) in [5.41, 5.74) is 0. The molecule has 0 N–H and O–H groups in total. The molecule has 0 aliphatic carbocycles. The van der Waals surface area contributed by atoms with E-state index in [0.29, 0.717) is 11.5 Å². The smallest absolute Gasteiger partial charge is 0.330 e. The van der Waals surface area contributed by atoms with Crippen LogP contribution >= 0.6 is 70.6 Å². The van der Waals surface area contributed by atoms with Crippen LogP contribution in [0.5, 0.6) is 11.5 Å². The van der Waals surface area contributed by atoms with Crippen molar-refractivity contribution in [2.45, 2.75) is 21.4 Å². The monoisotopic (exact) mass is 694 g/mol. The van der Waals surface area contributed by atoms with Crippen molar-refractivity contribution >= 4 is 94.4 Å². The molecule has 0 bridgehead atoms. The van der Waals surface area contributed by atoms with E-state index >= 15 is 0 Å². The zero-order valence-electron chi connectivity index (χ0n) is 22.4. The van der Waals surface area contributed by atoms with Gasteiger partial charge in [-0.3, -0.25) is 0 Å². The number of benzene rings is 1. The van der Waals surface area contributed by atoms with Crippen LogP contribution in [0.4, 0.5) is 0 Å². The van der Waals surface area contributed by atoms with Crippen molar-refractivity contribution in [2.24, 2.45) is 0 Å². The minimum Gasteiger partial charge on any atom is -0.489 e. The van der Waals surface area contributed by atoms with E-state index in [1.807, 2.05) is 0 Å². The largest absolute Gasteiger partial charge is 0.489 e. The Kier molecular flexibility index (Phi) is 16.2. The fourth-order valence-corrected chi connectivity index (χ4v) is 11.9. The summed E-state index contributed by atoms with van der Waals surface area (Å²) in [5, 5.41) is 3.24. The van der Waals surface area contributed by atoms with Gasteiger partial charge in [0.1, 0.15) is 47.1 Å². The second kappa shape index (κ2) is 19.5. The van der Waals surface area contributed by atoms with Gasteiger partial charge in [-0.2, -0.15) is 0 Å². The molecule has 0 amide bonds. The molecule has 2 aliphatic heterocycles. The van der Waals surface area contributed by atoms with Crippen LogP contribution in [0.25, 0.3) is 0 Å². The van der Waals surface area contributed by atoms with Crippen molar-refractivity contribution in [1.82, 2.24) is 0 Å². The summed E-state index contributed by atoms with van der Waals surface area (Å²) in [7, 11) is 0. The predicted octanol–water partition coefficient (Wildman–Crippen LogP) is 4.63. The lowest BCUT2D eigenvalue weighted by atomic mass is 10.3. The summed E-state index contributed by atoms with van der Waals surface area (Å²) < 4.78 is 32.3. The third-order valence-corrected chi connectivity index (χ3v) is 13.5. The Bertz CT molecular complexity index is 998. The number of carbonyl (C=O) groups excluding carboxylic acids is 4. The molecule has 1 aromatic carbocycles. The first-order chi connectivity index (χ1) is 20.4. The minimum absolute atomic E-state index is 0.0949. The molecule has 2 atom stereocenters. The summed E-state index contributed by atoms with van der Waals surface area (Å²) in [4.78, 5) is 48.4. The van der Waals surface area contributed by atoms with Crippen molar-refractivity contribution in [3.8, 4) is 11.5 Å². The number of esters is 4. The zero-order valence-corrected chi connectivity index (χ0v) is 27.3. The van der Waals surface area contributed by atoms with E-state index < -0.39 is 24.1 Å². The van der Waals surface area contributed by atoms with Gasteiger partial charge >= 0.3 is 23.9 Å². The Hall–Kier alpha value is -1.72. The molecule has 0 spiro atoms. The van der Waals surface area contributed by atoms with Gasteiger partial charge in [-0.1, -0.05) is 19.2 Å². The zero-order chi connectivity index (χ0) is 30.2. The maximum absolute atomic E-state index is 12.4. The molecule has 0 aromatic heterocycles. The number of carbonyl (C=O) groups is 4. The van der Waals surface area contributed by atoms with Crippen LogP contribution in [-0.4, -0.2) is 92.0 Å². The second-order valence-electron chi connectivity index (χ2n) is 8.09. The Labute approximate surface area is 269 Å². The van der Waals surface area contributed by atoms with Gasteiger partial charge in [0, 0.05) is 38.6 Å².